The van der Waals surface area contributed by atoms with Crippen molar-refractivity contribution in [2.24, 2.45) is 7.05 Å². The van der Waals surface area contributed by atoms with Crippen molar-refractivity contribution in [3.63, 3.8) is 0 Å². The maximum Gasteiger partial charge on any atom is 0.278 e. The van der Waals surface area contributed by atoms with Crippen LogP contribution in [0.15, 0.2) is 47.3 Å². The third kappa shape index (κ3) is 4.10. The summed E-state index contributed by atoms with van der Waals surface area (Å²) in [4.78, 5) is 18.0. The van der Waals surface area contributed by atoms with Crippen LogP contribution in [0, 0.1) is 0 Å². The minimum absolute atomic E-state index is 0.00686. The highest BCUT2D eigenvalue weighted by atomic mass is 35.5. The van der Waals surface area contributed by atoms with Crippen LogP contribution in [0.25, 0.3) is 11.3 Å². The average Bonchev–Trinajstić information content (AvgIpc) is 3.09. The van der Waals surface area contributed by atoms with Crippen molar-refractivity contribution in [3.8, 4) is 11.3 Å². The molecule has 0 fully saturated rings. The van der Waals surface area contributed by atoms with Gasteiger partial charge in [-0.1, -0.05) is 54.4 Å². The van der Waals surface area contributed by atoms with E-state index in [0.717, 1.165) is 12.1 Å². The molecule has 1 heterocycles. The minimum atomic E-state index is -0.219. The first kappa shape index (κ1) is 21.9. The van der Waals surface area contributed by atoms with Crippen LogP contribution in [0.1, 0.15) is 36.7 Å². The zero-order chi connectivity index (χ0) is 22.1. The van der Waals surface area contributed by atoms with Gasteiger partial charge in [0.05, 0.1) is 22.9 Å². The maximum absolute atomic E-state index is 13.3. The Bertz CT molecular complexity index is 1180. The lowest BCUT2D eigenvalue weighted by molar-refractivity contribution is 0.0572. The predicted octanol–water partition coefficient (Wildman–Crippen LogP) is 5.43. The van der Waals surface area contributed by atoms with Crippen LogP contribution in [0.5, 0.6) is 0 Å². The number of halogens is 2. The number of aromatic nitrogens is 2. The van der Waals surface area contributed by atoms with Gasteiger partial charge in [0.1, 0.15) is 11.5 Å². The van der Waals surface area contributed by atoms with Crippen molar-refractivity contribution in [2.45, 2.75) is 38.8 Å². The molecule has 1 aliphatic carbocycles. The van der Waals surface area contributed by atoms with Gasteiger partial charge in [-0.25, -0.2) is 4.98 Å². The first-order valence-corrected chi connectivity index (χ1v) is 11.2. The molecule has 0 saturated carbocycles. The number of rotatable bonds is 6. The Morgan fingerprint density at radius 2 is 1.97 bits per heavy atom. The van der Waals surface area contributed by atoms with Crippen LogP contribution >= 0.6 is 23.2 Å². The number of nitrogens with zero attached hydrogens (tertiary/aromatic N) is 2. The molecule has 4 rings (SSSR count). The molecular weight excluding hydrogens is 433 g/mol. The zero-order valence-electron chi connectivity index (χ0n) is 17.8. The summed E-state index contributed by atoms with van der Waals surface area (Å²) in [5.41, 5.74) is 3.93. The van der Waals surface area contributed by atoms with E-state index < -0.39 is 0 Å². The van der Waals surface area contributed by atoms with E-state index in [1.807, 2.05) is 26.0 Å². The fourth-order valence-electron chi connectivity index (χ4n) is 4.22. The first-order valence-electron chi connectivity index (χ1n) is 10.5. The molecule has 2 aromatic carbocycles. The molecule has 0 spiro atoms. The van der Waals surface area contributed by atoms with E-state index in [-0.39, 0.29) is 17.7 Å². The smallest absolute Gasteiger partial charge is 0.278 e. The summed E-state index contributed by atoms with van der Waals surface area (Å²) in [5.74, 6) is 0.702. The molecular formula is C24H25Cl2N3O2. The monoisotopic (exact) mass is 457 g/mol. The Hall–Kier alpha value is -2.34. The Morgan fingerprint density at radius 1 is 1.19 bits per heavy atom. The highest BCUT2D eigenvalue weighted by Crippen LogP contribution is 2.37. The van der Waals surface area contributed by atoms with E-state index in [1.165, 1.54) is 11.1 Å². The third-order valence-electron chi connectivity index (χ3n) is 5.74. The molecule has 1 aromatic heterocycles. The predicted molar refractivity (Wildman–Crippen MR) is 126 cm³/mol. The van der Waals surface area contributed by atoms with Gasteiger partial charge in [0.15, 0.2) is 0 Å². The standard InChI is InChI=1S/C24H25Cl2N3O2/c1-4-19-23(28-21-16-9-7-6-8-14(16)12-20(21)31-5-2)29(3)24(30)22(27-19)17-11-10-15(25)13-18(17)26/h6-11,13,20-21,28H,4-5,12H2,1-3H3/t20-,21+/m0/s1. The fourth-order valence-corrected chi connectivity index (χ4v) is 4.72. The Labute approximate surface area is 192 Å². The number of fused-ring (bicyclic) bond motifs is 1. The largest absolute Gasteiger partial charge is 0.376 e. The van der Waals surface area contributed by atoms with Gasteiger partial charge in [0.25, 0.3) is 5.56 Å². The Kier molecular flexibility index (Phi) is 6.37. The van der Waals surface area contributed by atoms with Crippen LogP contribution in [0.2, 0.25) is 10.0 Å². The lowest BCUT2D eigenvalue weighted by Gasteiger charge is -2.25. The van der Waals surface area contributed by atoms with E-state index in [0.29, 0.717) is 40.1 Å². The van der Waals surface area contributed by atoms with Crippen LogP contribution in [-0.2, 0) is 24.6 Å². The summed E-state index contributed by atoms with van der Waals surface area (Å²) in [7, 11) is 1.76. The molecule has 2 atom stereocenters. The zero-order valence-corrected chi connectivity index (χ0v) is 19.3. The van der Waals surface area contributed by atoms with Gasteiger partial charge in [-0.2, -0.15) is 0 Å². The molecule has 31 heavy (non-hydrogen) atoms. The van der Waals surface area contributed by atoms with Gasteiger partial charge in [-0.3, -0.25) is 9.36 Å². The molecule has 0 unspecified atom stereocenters. The topological polar surface area (TPSA) is 56.1 Å². The molecule has 7 heteroatoms. The second kappa shape index (κ2) is 9.03. The van der Waals surface area contributed by atoms with Crippen molar-refractivity contribution in [2.75, 3.05) is 11.9 Å². The van der Waals surface area contributed by atoms with Crippen molar-refractivity contribution >= 4 is 29.0 Å². The van der Waals surface area contributed by atoms with Crippen LogP contribution in [0.3, 0.4) is 0 Å². The highest BCUT2D eigenvalue weighted by molar-refractivity contribution is 6.36. The number of ether oxygens (including phenoxy) is 1. The second-order valence-corrected chi connectivity index (χ2v) is 8.46. The molecule has 5 nitrogen and oxygen atoms in total. The van der Waals surface area contributed by atoms with Crippen molar-refractivity contribution < 1.29 is 4.74 Å². The van der Waals surface area contributed by atoms with Crippen molar-refractivity contribution in [3.05, 3.63) is 79.7 Å². The lowest BCUT2D eigenvalue weighted by Crippen LogP contribution is -2.31. The van der Waals surface area contributed by atoms with Crippen molar-refractivity contribution in [1.82, 2.24) is 9.55 Å². The summed E-state index contributed by atoms with van der Waals surface area (Å²) < 4.78 is 7.65. The van der Waals surface area contributed by atoms with Gasteiger partial charge in [-0.05, 0) is 42.7 Å². The molecule has 3 aromatic rings. The summed E-state index contributed by atoms with van der Waals surface area (Å²) in [6.45, 7) is 4.65. The Morgan fingerprint density at radius 3 is 2.68 bits per heavy atom. The molecule has 0 aliphatic heterocycles. The van der Waals surface area contributed by atoms with E-state index in [4.69, 9.17) is 32.9 Å². The molecule has 0 bridgehead atoms. The normalized spacial score (nSPS) is 17.6. The Balaban J connectivity index is 1.79. The summed E-state index contributed by atoms with van der Waals surface area (Å²) in [5, 5.41) is 4.50. The van der Waals surface area contributed by atoms with E-state index >= 15 is 0 Å². The van der Waals surface area contributed by atoms with Crippen LogP contribution in [0.4, 0.5) is 5.82 Å². The molecule has 1 N–H and O–H groups in total. The van der Waals surface area contributed by atoms with Crippen molar-refractivity contribution in [1.29, 1.82) is 0 Å². The molecule has 0 saturated heterocycles. The summed E-state index contributed by atoms with van der Waals surface area (Å²) in [6, 6.07) is 13.3. The number of hydrogen-bond donors (Lipinski definition) is 1. The third-order valence-corrected chi connectivity index (χ3v) is 6.29. The number of benzene rings is 2. The minimum Gasteiger partial charge on any atom is -0.376 e. The van der Waals surface area contributed by atoms with E-state index in [1.54, 1.807) is 29.8 Å². The molecule has 0 radical (unpaired) electrons. The SMILES string of the molecule is CCO[C@H]1Cc2ccccc2[C@H]1Nc1c(CC)nc(-c2ccc(Cl)cc2Cl)c(=O)n1C. The molecule has 0 amide bonds. The maximum atomic E-state index is 13.3. The lowest BCUT2D eigenvalue weighted by atomic mass is 10.1. The van der Waals surface area contributed by atoms with Gasteiger partial charge in [0.2, 0.25) is 0 Å². The van der Waals surface area contributed by atoms with E-state index in [2.05, 4.69) is 17.4 Å². The molecule has 162 valence electrons. The number of anilines is 1. The van der Waals surface area contributed by atoms with Crippen LogP contribution < -0.4 is 10.9 Å². The second-order valence-electron chi connectivity index (χ2n) is 7.62. The van der Waals surface area contributed by atoms with E-state index in [9.17, 15) is 4.79 Å². The molecule has 1 aliphatic rings. The summed E-state index contributed by atoms with van der Waals surface area (Å²) >= 11 is 12.4. The van der Waals surface area contributed by atoms with Crippen LogP contribution in [-0.4, -0.2) is 22.3 Å². The van der Waals surface area contributed by atoms with Gasteiger partial charge >= 0.3 is 0 Å². The highest BCUT2D eigenvalue weighted by Gasteiger charge is 2.34. The van der Waals surface area contributed by atoms with Gasteiger partial charge in [0, 0.05) is 30.7 Å². The van der Waals surface area contributed by atoms with Gasteiger partial charge < -0.3 is 10.1 Å². The number of hydrogen-bond acceptors (Lipinski definition) is 4. The fraction of sp³-hybridized carbons (Fsp3) is 0.333. The van der Waals surface area contributed by atoms with Gasteiger partial charge in [-0.15, -0.1) is 0 Å². The quantitative estimate of drug-likeness (QED) is 0.535. The first-order chi connectivity index (χ1) is 14.9. The average molecular weight is 458 g/mol. The summed E-state index contributed by atoms with van der Waals surface area (Å²) in [6.07, 6.45) is 1.48. The number of aryl methyl sites for hydroxylation is 1. The number of nitrogens with one attached hydrogen (secondary N) is 1.